The Morgan fingerprint density at radius 1 is 1.43 bits per heavy atom. The van der Waals surface area contributed by atoms with E-state index in [1.165, 1.54) is 11.3 Å². The second-order valence-corrected chi connectivity index (χ2v) is 7.71. The van der Waals surface area contributed by atoms with Gasteiger partial charge in [0.05, 0.1) is 6.04 Å². The third kappa shape index (κ3) is 3.49. The van der Waals surface area contributed by atoms with Gasteiger partial charge in [0, 0.05) is 28.9 Å². The summed E-state index contributed by atoms with van der Waals surface area (Å²) in [6, 6.07) is -0.395. The van der Waals surface area contributed by atoms with Gasteiger partial charge in [-0.1, -0.05) is 0 Å². The van der Waals surface area contributed by atoms with Gasteiger partial charge >= 0.3 is 0 Å². The van der Waals surface area contributed by atoms with Crippen molar-refractivity contribution in [2.45, 2.75) is 38.4 Å². The molecule has 0 bridgehead atoms. The molecule has 0 fully saturated rings. The van der Waals surface area contributed by atoms with Crippen molar-refractivity contribution in [3.05, 3.63) is 27.3 Å². The van der Waals surface area contributed by atoms with E-state index in [-0.39, 0.29) is 5.03 Å². The molecule has 1 unspecified atom stereocenters. The monoisotopic (exact) mass is 329 g/mol. The zero-order valence-electron chi connectivity index (χ0n) is 12.4. The first-order valence-electron chi connectivity index (χ1n) is 6.48. The first-order chi connectivity index (χ1) is 9.85. The van der Waals surface area contributed by atoms with Gasteiger partial charge in [0.1, 0.15) is 5.01 Å². The van der Waals surface area contributed by atoms with Gasteiger partial charge in [0.25, 0.3) is 10.0 Å². The molecule has 3 N–H and O–H groups in total. The summed E-state index contributed by atoms with van der Waals surface area (Å²) in [5, 5.41) is 10.4. The summed E-state index contributed by atoms with van der Waals surface area (Å²) in [6.07, 6.45) is 1.73. The number of H-pyrrole nitrogens is 1. The van der Waals surface area contributed by atoms with Crippen molar-refractivity contribution in [1.29, 1.82) is 0 Å². The van der Waals surface area contributed by atoms with Crippen LogP contribution in [-0.2, 0) is 16.6 Å². The number of hydrogen-bond acceptors (Lipinski definition) is 6. The lowest BCUT2D eigenvalue weighted by Gasteiger charge is -2.11. The predicted octanol–water partition coefficient (Wildman–Crippen LogP) is 1.24. The van der Waals surface area contributed by atoms with Crippen LogP contribution in [0.4, 0.5) is 0 Å². The summed E-state index contributed by atoms with van der Waals surface area (Å²) < 4.78 is 27.6. The molecule has 0 radical (unpaired) electrons. The highest BCUT2D eigenvalue weighted by atomic mass is 32.2. The van der Waals surface area contributed by atoms with Gasteiger partial charge < -0.3 is 5.32 Å². The van der Waals surface area contributed by atoms with Crippen molar-refractivity contribution >= 4 is 21.4 Å². The van der Waals surface area contributed by atoms with Crippen LogP contribution < -0.4 is 10.0 Å². The van der Waals surface area contributed by atoms with Crippen LogP contribution in [0.15, 0.2) is 11.2 Å². The molecule has 7 nitrogen and oxygen atoms in total. The fourth-order valence-corrected chi connectivity index (χ4v) is 4.20. The first-order valence-corrected chi connectivity index (χ1v) is 8.78. The molecule has 0 aliphatic rings. The molecule has 0 spiro atoms. The van der Waals surface area contributed by atoms with E-state index in [4.69, 9.17) is 0 Å². The molecule has 2 aromatic heterocycles. The lowest BCUT2D eigenvalue weighted by Crippen LogP contribution is -2.28. The summed E-state index contributed by atoms with van der Waals surface area (Å²) >= 11 is 1.47. The standard InChI is InChI=1S/C12H19N5O2S2/c1-7-5-14-11(20-7)9(3)17-21(18,19)12-10(6-13-4)8(2)15-16-12/h5,9,13,17H,6H2,1-4H3,(H,15,16). The highest BCUT2D eigenvalue weighted by molar-refractivity contribution is 7.89. The van der Waals surface area contributed by atoms with Gasteiger partial charge in [0.15, 0.2) is 5.03 Å². The molecule has 116 valence electrons. The summed E-state index contributed by atoms with van der Waals surface area (Å²) in [4.78, 5) is 5.25. The number of aryl methyl sites for hydroxylation is 2. The quantitative estimate of drug-likeness (QED) is 0.740. The maximum Gasteiger partial charge on any atom is 0.260 e. The second kappa shape index (κ2) is 6.22. The predicted molar refractivity (Wildman–Crippen MR) is 81.7 cm³/mol. The van der Waals surface area contributed by atoms with Crippen molar-refractivity contribution in [1.82, 2.24) is 25.2 Å². The third-order valence-electron chi connectivity index (χ3n) is 2.99. The molecule has 0 aliphatic heterocycles. The molecule has 0 aromatic carbocycles. The molecule has 0 aliphatic carbocycles. The third-order valence-corrected chi connectivity index (χ3v) is 5.59. The average Bonchev–Trinajstić information content (AvgIpc) is 2.97. The van der Waals surface area contributed by atoms with E-state index in [0.29, 0.717) is 12.1 Å². The summed E-state index contributed by atoms with van der Waals surface area (Å²) in [5.41, 5.74) is 1.38. The molecule has 0 amide bonds. The van der Waals surface area contributed by atoms with E-state index < -0.39 is 16.1 Å². The Morgan fingerprint density at radius 3 is 2.71 bits per heavy atom. The van der Waals surface area contributed by atoms with Gasteiger partial charge in [-0.3, -0.25) is 5.10 Å². The number of nitrogens with zero attached hydrogens (tertiary/aromatic N) is 2. The smallest absolute Gasteiger partial charge is 0.260 e. The van der Waals surface area contributed by atoms with Crippen LogP contribution in [0.2, 0.25) is 0 Å². The van der Waals surface area contributed by atoms with E-state index in [1.54, 1.807) is 27.1 Å². The molecular weight excluding hydrogens is 310 g/mol. The highest BCUT2D eigenvalue weighted by Gasteiger charge is 2.26. The van der Waals surface area contributed by atoms with E-state index >= 15 is 0 Å². The van der Waals surface area contributed by atoms with Crippen LogP contribution in [0.3, 0.4) is 0 Å². The summed E-state index contributed by atoms with van der Waals surface area (Å²) in [6.45, 7) is 5.94. The molecule has 1 atom stereocenters. The largest absolute Gasteiger partial charge is 0.316 e. The second-order valence-electron chi connectivity index (χ2n) is 4.81. The van der Waals surface area contributed by atoms with Gasteiger partial charge in [-0.25, -0.2) is 18.1 Å². The van der Waals surface area contributed by atoms with E-state index in [9.17, 15) is 8.42 Å². The van der Waals surface area contributed by atoms with Crippen LogP contribution in [0.25, 0.3) is 0 Å². The minimum atomic E-state index is -3.70. The lowest BCUT2D eigenvalue weighted by molar-refractivity contribution is 0.560. The number of thiazole rings is 1. The van der Waals surface area contributed by atoms with E-state index in [1.807, 2.05) is 6.92 Å². The van der Waals surface area contributed by atoms with Gasteiger partial charge in [-0.05, 0) is 27.8 Å². The molecule has 0 saturated carbocycles. The Kier molecular flexibility index (Phi) is 4.77. The zero-order valence-corrected chi connectivity index (χ0v) is 14.0. The Bertz CT molecular complexity index is 720. The Hall–Kier alpha value is -1.29. The molecule has 9 heteroatoms. The van der Waals surface area contributed by atoms with Crippen molar-refractivity contribution in [2.24, 2.45) is 0 Å². The van der Waals surface area contributed by atoms with Gasteiger partial charge in [-0.2, -0.15) is 5.10 Å². The van der Waals surface area contributed by atoms with E-state index in [0.717, 1.165) is 15.6 Å². The molecule has 2 heterocycles. The van der Waals surface area contributed by atoms with Crippen LogP contribution in [0, 0.1) is 13.8 Å². The number of sulfonamides is 1. The van der Waals surface area contributed by atoms with Crippen molar-refractivity contribution in [2.75, 3.05) is 7.05 Å². The fourth-order valence-electron chi connectivity index (χ4n) is 1.95. The SMILES string of the molecule is CNCc1c(S(=O)(=O)NC(C)c2ncc(C)s2)n[nH]c1C. The maximum atomic E-state index is 12.5. The molecular formula is C12H19N5O2S2. The van der Waals surface area contributed by atoms with Crippen LogP contribution in [0.1, 0.15) is 34.1 Å². The maximum absolute atomic E-state index is 12.5. The van der Waals surface area contributed by atoms with Crippen LogP contribution in [-0.4, -0.2) is 30.6 Å². The summed E-state index contributed by atoms with van der Waals surface area (Å²) in [7, 11) is -1.93. The van der Waals surface area contributed by atoms with Gasteiger partial charge in [-0.15, -0.1) is 11.3 Å². The first kappa shape index (κ1) is 16.1. The normalized spacial score (nSPS) is 13.5. The number of nitrogens with one attached hydrogen (secondary N) is 3. The summed E-state index contributed by atoms with van der Waals surface area (Å²) in [5.74, 6) is 0. The number of rotatable bonds is 6. The number of aromatic nitrogens is 3. The minimum absolute atomic E-state index is 0.0366. The Morgan fingerprint density at radius 2 is 2.14 bits per heavy atom. The fraction of sp³-hybridized carbons (Fsp3) is 0.500. The molecule has 0 saturated heterocycles. The topological polar surface area (TPSA) is 99.8 Å². The molecule has 21 heavy (non-hydrogen) atoms. The highest BCUT2D eigenvalue weighted by Crippen LogP contribution is 2.22. The Balaban J connectivity index is 2.26. The number of aromatic amines is 1. The van der Waals surface area contributed by atoms with E-state index in [2.05, 4.69) is 25.2 Å². The number of hydrogen-bond donors (Lipinski definition) is 3. The van der Waals surface area contributed by atoms with Crippen molar-refractivity contribution in [3.63, 3.8) is 0 Å². The van der Waals surface area contributed by atoms with Crippen molar-refractivity contribution in [3.8, 4) is 0 Å². The van der Waals surface area contributed by atoms with Crippen LogP contribution >= 0.6 is 11.3 Å². The average molecular weight is 329 g/mol. The minimum Gasteiger partial charge on any atom is -0.316 e. The van der Waals surface area contributed by atoms with Crippen molar-refractivity contribution < 1.29 is 8.42 Å². The van der Waals surface area contributed by atoms with Gasteiger partial charge in [0.2, 0.25) is 0 Å². The lowest BCUT2D eigenvalue weighted by atomic mass is 10.3. The zero-order chi connectivity index (χ0) is 15.6. The Labute approximate surface area is 128 Å². The molecule has 2 aromatic rings. The molecule has 2 rings (SSSR count). The van der Waals surface area contributed by atoms with Crippen LogP contribution in [0.5, 0.6) is 0 Å².